The van der Waals surface area contributed by atoms with Gasteiger partial charge in [0.05, 0.1) is 12.2 Å². The van der Waals surface area contributed by atoms with Gasteiger partial charge < -0.3 is 10.2 Å². The first-order chi connectivity index (χ1) is 11.8. The second kappa shape index (κ2) is 6.23. The van der Waals surface area contributed by atoms with Crippen LogP contribution in [0.2, 0.25) is 0 Å². The molecule has 144 valence electrons. The van der Waals surface area contributed by atoms with E-state index in [0.29, 0.717) is 28.6 Å². The van der Waals surface area contributed by atoms with Gasteiger partial charge in [0, 0.05) is 0 Å². The molecule has 0 aromatic rings. The Morgan fingerprint density at radius 3 is 2.32 bits per heavy atom. The standard InChI is InChI=1S/C23H40O2/c1-5-14(2)17-6-7-18-21-19(9-11-23(17,18)4)22(3)10-8-16(24)12-15(22)13-20(21)25/h14-21,24-25H,5-13H2,1-4H3/t14-,15+,16+,17-,18?,19?,20?,21+,22+,23-/m1/s1. The monoisotopic (exact) mass is 348 g/mol. The zero-order chi connectivity index (χ0) is 18.0. The predicted molar refractivity (Wildman–Crippen MR) is 102 cm³/mol. The van der Waals surface area contributed by atoms with E-state index in [1.807, 2.05) is 0 Å². The molecule has 0 aliphatic heterocycles. The molecule has 2 heteroatoms. The van der Waals surface area contributed by atoms with Crippen molar-refractivity contribution >= 4 is 0 Å². The summed E-state index contributed by atoms with van der Waals surface area (Å²) in [6, 6.07) is 0. The summed E-state index contributed by atoms with van der Waals surface area (Å²) in [5.41, 5.74) is 0.813. The quantitative estimate of drug-likeness (QED) is 0.735. The topological polar surface area (TPSA) is 40.5 Å². The Morgan fingerprint density at radius 1 is 0.920 bits per heavy atom. The molecule has 4 rings (SSSR count). The highest BCUT2D eigenvalue weighted by Crippen LogP contribution is 2.68. The average molecular weight is 349 g/mol. The van der Waals surface area contributed by atoms with Gasteiger partial charge in [-0.1, -0.05) is 34.1 Å². The summed E-state index contributed by atoms with van der Waals surface area (Å²) >= 11 is 0. The Hall–Kier alpha value is -0.0800. The first-order valence-corrected chi connectivity index (χ1v) is 11.2. The SMILES string of the molecule is CC[C@@H](C)[C@H]1CCC2[C@@H]3C(O)C[C@@H]4C[C@@H](O)CC[C@]4(C)C3CC[C@@]21C. The van der Waals surface area contributed by atoms with Crippen LogP contribution in [0.3, 0.4) is 0 Å². The number of fused-ring (bicyclic) bond motifs is 5. The van der Waals surface area contributed by atoms with Crippen LogP contribution in [0.5, 0.6) is 0 Å². The van der Waals surface area contributed by atoms with Crippen molar-refractivity contribution < 1.29 is 10.2 Å². The molecule has 0 spiro atoms. The van der Waals surface area contributed by atoms with Crippen molar-refractivity contribution in [2.75, 3.05) is 0 Å². The van der Waals surface area contributed by atoms with E-state index in [1.54, 1.807) is 0 Å². The lowest BCUT2D eigenvalue weighted by Crippen LogP contribution is -2.58. The molecule has 4 aliphatic carbocycles. The normalized spacial score (nSPS) is 56.6. The number of hydrogen-bond donors (Lipinski definition) is 2. The Morgan fingerprint density at radius 2 is 1.60 bits per heavy atom. The molecule has 2 N–H and O–H groups in total. The third kappa shape index (κ3) is 2.57. The summed E-state index contributed by atoms with van der Waals surface area (Å²) in [5.74, 6) is 4.13. The van der Waals surface area contributed by atoms with Crippen LogP contribution in [-0.2, 0) is 0 Å². The summed E-state index contributed by atoms with van der Waals surface area (Å²) in [6.45, 7) is 9.89. The van der Waals surface area contributed by atoms with Crippen LogP contribution in [0.25, 0.3) is 0 Å². The third-order valence-corrected chi connectivity index (χ3v) is 10.1. The number of aliphatic hydroxyl groups excluding tert-OH is 2. The summed E-state index contributed by atoms with van der Waals surface area (Å²) in [5, 5.41) is 21.4. The van der Waals surface area contributed by atoms with Crippen molar-refractivity contribution in [3.8, 4) is 0 Å². The van der Waals surface area contributed by atoms with Crippen LogP contribution >= 0.6 is 0 Å². The molecule has 4 fully saturated rings. The third-order valence-electron chi connectivity index (χ3n) is 10.1. The molecule has 0 radical (unpaired) electrons. The predicted octanol–water partition coefficient (Wildman–Crippen LogP) is 5.02. The van der Waals surface area contributed by atoms with Gasteiger partial charge in [-0.3, -0.25) is 0 Å². The Kier molecular flexibility index (Phi) is 4.56. The van der Waals surface area contributed by atoms with Crippen molar-refractivity contribution in [2.24, 2.45) is 46.3 Å². The summed E-state index contributed by atoms with van der Waals surface area (Å²) in [4.78, 5) is 0. The molecule has 0 saturated heterocycles. The fourth-order valence-corrected chi connectivity index (χ4v) is 8.46. The van der Waals surface area contributed by atoms with E-state index in [0.717, 1.165) is 37.0 Å². The van der Waals surface area contributed by atoms with Crippen LogP contribution in [0.1, 0.15) is 85.5 Å². The molecule has 4 aliphatic rings. The lowest BCUT2D eigenvalue weighted by molar-refractivity contribution is -0.174. The smallest absolute Gasteiger partial charge is 0.0577 e. The maximum atomic E-state index is 11.2. The highest BCUT2D eigenvalue weighted by atomic mass is 16.3. The fraction of sp³-hybridized carbons (Fsp3) is 1.00. The van der Waals surface area contributed by atoms with Gasteiger partial charge in [-0.05, 0) is 97.7 Å². The first kappa shape index (κ1) is 18.3. The largest absolute Gasteiger partial charge is 0.393 e. The summed E-state index contributed by atoms with van der Waals surface area (Å²) in [6.07, 6.45) is 10.4. The van der Waals surface area contributed by atoms with E-state index in [2.05, 4.69) is 27.7 Å². The molecule has 4 saturated carbocycles. The van der Waals surface area contributed by atoms with Gasteiger partial charge in [0.15, 0.2) is 0 Å². The van der Waals surface area contributed by atoms with Crippen molar-refractivity contribution in [1.82, 2.24) is 0 Å². The van der Waals surface area contributed by atoms with Crippen molar-refractivity contribution in [2.45, 2.75) is 97.7 Å². The van der Waals surface area contributed by atoms with E-state index in [1.165, 1.54) is 38.5 Å². The van der Waals surface area contributed by atoms with Crippen LogP contribution < -0.4 is 0 Å². The summed E-state index contributed by atoms with van der Waals surface area (Å²) < 4.78 is 0. The van der Waals surface area contributed by atoms with Crippen molar-refractivity contribution in [1.29, 1.82) is 0 Å². The van der Waals surface area contributed by atoms with E-state index >= 15 is 0 Å². The molecule has 0 aromatic heterocycles. The minimum atomic E-state index is -0.131. The van der Waals surface area contributed by atoms with E-state index in [-0.39, 0.29) is 12.2 Å². The molecule has 25 heavy (non-hydrogen) atoms. The second-order valence-corrected chi connectivity index (χ2v) is 10.8. The Labute approximate surface area is 154 Å². The number of rotatable bonds is 2. The van der Waals surface area contributed by atoms with Gasteiger partial charge in [-0.15, -0.1) is 0 Å². The Balaban J connectivity index is 1.63. The molecule has 3 unspecified atom stereocenters. The van der Waals surface area contributed by atoms with Crippen LogP contribution in [0.15, 0.2) is 0 Å². The van der Waals surface area contributed by atoms with E-state index in [9.17, 15) is 10.2 Å². The average Bonchev–Trinajstić information content (AvgIpc) is 2.93. The first-order valence-electron chi connectivity index (χ1n) is 11.2. The van der Waals surface area contributed by atoms with Crippen LogP contribution in [-0.4, -0.2) is 22.4 Å². The Bertz CT molecular complexity index is 504. The zero-order valence-electron chi connectivity index (χ0n) is 16.9. The van der Waals surface area contributed by atoms with Gasteiger partial charge >= 0.3 is 0 Å². The molecular formula is C23H40O2. The van der Waals surface area contributed by atoms with Crippen LogP contribution in [0, 0.1) is 46.3 Å². The molecule has 2 nitrogen and oxygen atoms in total. The highest BCUT2D eigenvalue weighted by molar-refractivity contribution is 5.11. The minimum Gasteiger partial charge on any atom is -0.393 e. The van der Waals surface area contributed by atoms with Gasteiger partial charge in [0.1, 0.15) is 0 Å². The molecule has 0 amide bonds. The number of hydrogen-bond acceptors (Lipinski definition) is 2. The van der Waals surface area contributed by atoms with Gasteiger partial charge in [-0.2, -0.15) is 0 Å². The highest BCUT2D eigenvalue weighted by Gasteiger charge is 2.62. The molecule has 0 heterocycles. The lowest BCUT2D eigenvalue weighted by atomic mass is 9.43. The minimum absolute atomic E-state index is 0.128. The van der Waals surface area contributed by atoms with E-state index < -0.39 is 0 Å². The molecule has 0 aromatic carbocycles. The fourth-order valence-electron chi connectivity index (χ4n) is 8.46. The van der Waals surface area contributed by atoms with Gasteiger partial charge in [-0.25, -0.2) is 0 Å². The molecule has 0 bridgehead atoms. The molecular weight excluding hydrogens is 308 g/mol. The van der Waals surface area contributed by atoms with Gasteiger partial charge in [0.2, 0.25) is 0 Å². The zero-order valence-corrected chi connectivity index (χ0v) is 16.9. The van der Waals surface area contributed by atoms with Crippen LogP contribution in [0.4, 0.5) is 0 Å². The summed E-state index contributed by atoms with van der Waals surface area (Å²) in [7, 11) is 0. The van der Waals surface area contributed by atoms with E-state index in [4.69, 9.17) is 0 Å². The van der Waals surface area contributed by atoms with Crippen molar-refractivity contribution in [3.05, 3.63) is 0 Å². The lowest BCUT2D eigenvalue weighted by Gasteiger charge is -2.62. The maximum Gasteiger partial charge on any atom is 0.0577 e. The van der Waals surface area contributed by atoms with Crippen molar-refractivity contribution in [3.63, 3.8) is 0 Å². The van der Waals surface area contributed by atoms with Gasteiger partial charge in [0.25, 0.3) is 0 Å². The maximum absolute atomic E-state index is 11.2. The number of aliphatic hydroxyl groups is 2. The molecule has 10 atom stereocenters. The second-order valence-electron chi connectivity index (χ2n) is 10.8.